The molecule has 0 radical (unpaired) electrons. The Hall–Kier alpha value is -0.580. The summed E-state index contributed by atoms with van der Waals surface area (Å²) in [5.74, 6) is 0.813. The van der Waals surface area contributed by atoms with Gasteiger partial charge in [0.15, 0.2) is 6.29 Å². The summed E-state index contributed by atoms with van der Waals surface area (Å²) in [5, 5.41) is 0. The fourth-order valence-electron chi connectivity index (χ4n) is 1.33. The standard InChI is InChI=1S/C12H17FO2S/c1-14-12(15-2)10-4-6-11(7-5-10)16-9-3-8-13/h4-7,12H,3,8-9H2,1-2H3. The molecule has 4 heteroatoms. The third-order valence-electron chi connectivity index (χ3n) is 2.13. The highest BCUT2D eigenvalue weighted by Crippen LogP contribution is 2.23. The molecule has 0 saturated heterocycles. The Morgan fingerprint density at radius 2 is 1.81 bits per heavy atom. The topological polar surface area (TPSA) is 18.5 Å². The van der Waals surface area contributed by atoms with Crippen LogP contribution in [-0.2, 0) is 9.47 Å². The van der Waals surface area contributed by atoms with E-state index in [1.807, 2.05) is 24.3 Å². The van der Waals surface area contributed by atoms with Gasteiger partial charge in [0.2, 0.25) is 0 Å². The van der Waals surface area contributed by atoms with Crippen LogP contribution in [0.4, 0.5) is 4.39 Å². The number of ether oxygens (including phenoxy) is 2. The van der Waals surface area contributed by atoms with Gasteiger partial charge in [0.1, 0.15) is 0 Å². The highest BCUT2D eigenvalue weighted by Gasteiger charge is 2.07. The van der Waals surface area contributed by atoms with E-state index in [9.17, 15) is 4.39 Å². The molecule has 0 aliphatic carbocycles. The van der Waals surface area contributed by atoms with Crippen LogP contribution in [0.25, 0.3) is 0 Å². The Morgan fingerprint density at radius 1 is 1.19 bits per heavy atom. The van der Waals surface area contributed by atoms with E-state index in [0.717, 1.165) is 16.2 Å². The number of methoxy groups -OCH3 is 2. The van der Waals surface area contributed by atoms with Crippen LogP contribution in [0.2, 0.25) is 0 Å². The highest BCUT2D eigenvalue weighted by atomic mass is 32.2. The Morgan fingerprint density at radius 3 is 2.31 bits per heavy atom. The Balaban J connectivity index is 2.53. The summed E-state index contributed by atoms with van der Waals surface area (Å²) in [4.78, 5) is 1.14. The summed E-state index contributed by atoms with van der Waals surface area (Å²) in [7, 11) is 3.22. The average Bonchev–Trinajstić information content (AvgIpc) is 2.33. The van der Waals surface area contributed by atoms with E-state index in [0.29, 0.717) is 6.42 Å². The van der Waals surface area contributed by atoms with Gasteiger partial charge < -0.3 is 9.47 Å². The third-order valence-corrected chi connectivity index (χ3v) is 3.23. The van der Waals surface area contributed by atoms with Gasteiger partial charge in [-0.15, -0.1) is 11.8 Å². The summed E-state index contributed by atoms with van der Waals surface area (Å²) in [6.45, 7) is -0.249. The number of rotatable bonds is 7. The van der Waals surface area contributed by atoms with Crippen molar-refractivity contribution < 1.29 is 13.9 Å². The molecule has 0 aromatic heterocycles. The zero-order chi connectivity index (χ0) is 11.8. The molecule has 0 aliphatic rings. The summed E-state index contributed by atoms with van der Waals surface area (Å²) in [6.07, 6.45) is 0.287. The molecular weight excluding hydrogens is 227 g/mol. The highest BCUT2D eigenvalue weighted by molar-refractivity contribution is 7.99. The van der Waals surface area contributed by atoms with Gasteiger partial charge in [0, 0.05) is 30.4 Å². The minimum absolute atomic E-state index is 0.249. The molecule has 0 atom stereocenters. The van der Waals surface area contributed by atoms with Crippen LogP contribution in [0.5, 0.6) is 0 Å². The maximum Gasteiger partial charge on any atom is 0.183 e. The van der Waals surface area contributed by atoms with Crippen LogP contribution in [-0.4, -0.2) is 26.6 Å². The molecule has 0 unspecified atom stereocenters. The molecular formula is C12H17FO2S. The number of hydrogen-bond donors (Lipinski definition) is 0. The SMILES string of the molecule is COC(OC)c1ccc(SCCCF)cc1. The summed E-state index contributed by atoms with van der Waals surface area (Å²) >= 11 is 1.66. The van der Waals surface area contributed by atoms with Crippen molar-refractivity contribution in [1.29, 1.82) is 0 Å². The lowest BCUT2D eigenvalue weighted by Crippen LogP contribution is -2.02. The normalized spacial score (nSPS) is 11.0. The van der Waals surface area contributed by atoms with E-state index in [2.05, 4.69) is 0 Å². The predicted octanol–water partition coefficient (Wildman–Crippen LogP) is 3.43. The second-order valence-corrected chi connectivity index (χ2v) is 4.43. The third kappa shape index (κ3) is 4.12. The van der Waals surface area contributed by atoms with Gasteiger partial charge in [-0.25, -0.2) is 0 Å². The Labute approximate surface area is 100 Å². The largest absolute Gasteiger partial charge is 0.352 e. The molecule has 0 spiro atoms. The zero-order valence-corrected chi connectivity index (χ0v) is 10.4. The van der Waals surface area contributed by atoms with Crippen molar-refractivity contribution in [2.45, 2.75) is 17.6 Å². The number of alkyl halides is 1. The monoisotopic (exact) mass is 244 g/mol. The molecule has 2 nitrogen and oxygen atoms in total. The number of halogens is 1. The first-order valence-electron chi connectivity index (χ1n) is 5.16. The predicted molar refractivity (Wildman–Crippen MR) is 64.5 cm³/mol. The van der Waals surface area contributed by atoms with Crippen molar-refractivity contribution in [2.75, 3.05) is 26.6 Å². The van der Waals surface area contributed by atoms with Crippen LogP contribution in [0.3, 0.4) is 0 Å². The van der Waals surface area contributed by atoms with Crippen molar-refractivity contribution in [3.8, 4) is 0 Å². The Bertz CT molecular complexity index is 286. The van der Waals surface area contributed by atoms with Gasteiger partial charge in [-0.05, 0) is 18.6 Å². The molecule has 16 heavy (non-hydrogen) atoms. The maximum absolute atomic E-state index is 11.9. The quantitative estimate of drug-likeness (QED) is 0.416. The summed E-state index contributed by atoms with van der Waals surface area (Å²) < 4.78 is 22.2. The van der Waals surface area contributed by atoms with E-state index in [-0.39, 0.29) is 13.0 Å². The van der Waals surface area contributed by atoms with Crippen LogP contribution >= 0.6 is 11.8 Å². The second-order valence-electron chi connectivity index (χ2n) is 3.26. The van der Waals surface area contributed by atoms with Gasteiger partial charge in [0.25, 0.3) is 0 Å². The molecule has 1 aromatic rings. The van der Waals surface area contributed by atoms with Crippen molar-refractivity contribution in [1.82, 2.24) is 0 Å². The van der Waals surface area contributed by atoms with Crippen LogP contribution in [0, 0.1) is 0 Å². The van der Waals surface area contributed by atoms with Gasteiger partial charge >= 0.3 is 0 Å². The average molecular weight is 244 g/mol. The Kier molecular flexibility index (Phi) is 6.45. The molecule has 0 N–H and O–H groups in total. The van der Waals surface area contributed by atoms with E-state index < -0.39 is 0 Å². The van der Waals surface area contributed by atoms with Gasteiger partial charge in [-0.3, -0.25) is 4.39 Å². The lowest BCUT2D eigenvalue weighted by molar-refractivity contribution is -0.106. The molecule has 0 amide bonds. The minimum atomic E-state index is -0.315. The first kappa shape index (κ1) is 13.5. The van der Waals surface area contributed by atoms with E-state index in [4.69, 9.17) is 9.47 Å². The zero-order valence-electron chi connectivity index (χ0n) is 9.61. The van der Waals surface area contributed by atoms with Crippen LogP contribution in [0.1, 0.15) is 18.3 Å². The lowest BCUT2D eigenvalue weighted by atomic mass is 10.2. The van der Waals surface area contributed by atoms with Gasteiger partial charge in [0.05, 0.1) is 6.67 Å². The van der Waals surface area contributed by atoms with Gasteiger partial charge in [-0.2, -0.15) is 0 Å². The molecule has 1 aromatic carbocycles. The van der Waals surface area contributed by atoms with Gasteiger partial charge in [-0.1, -0.05) is 12.1 Å². The molecule has 0 heterocycles. The van der Waals surface area contributed by atoms with Crippen LogP contribution < -0.4 is 0 Å². The fourth-order valence-corrected chi connectivity index (χ4v) is 2.15. The number of benzene rings is 1. The van der Waals surface area contributed by atoms with Crippen LogP contribution in [0.15, 0.2) is 29.2 Å². The van der Waals surface area contributed by atoms with Crippen molar-refractivity contribution in [3.05, 3.63) is 29.8 Å². The van der Waals surface area contributed by atoms with E-state index in [1.54, 1.807) is 26.0 Å². The molecule has 0 aliphatic heterocycles. The molecule has 0 fully saturated rings. The smallest absolute Gasteiger partial charge is 0.183 e. The summed E-state index contributed by atoms with van der Waals surface area (Å²) in [6, 6.07) is 7.94. The molecule has 0 saturated carbocycles. The molecule has 1 rings (SSSR count). The second kappa shape index (κ2) is 7.65. The molecule has 0 bridgehead atoms. The van der Waals surface area contributed by atoms with Crippen molar-refractivity contribution in [3.63, 3.8) is 0 Å². The first-order chi connectivity index (χ1) is 7.81. The first-order valence-corrected chi connectivity index (χ1v) is 6.14. The lowest BCUT2D eigenvalue weighted by Gasteiger charge is -2.13. The van der Waals surface area contributed by atoms with E-state index >= 15 is 0 Å². The number of hydrogen-bond acceptors (Lipinski definition) is 3. The van der Waals surface area contributed by atoms with Crippen molar-refractivity contribution >= 4 is 11.8 Å². The summed E-state index contributed by atoms with van der Waals surface area (Å²) in [5.41, 5.74) is 0.986. The number of thioether (sulfide) groups is 1. The van der Waals surface area contributed by atoms with Crippen molar-refractivity contribution in [2.24, 2.45) is 0 Å². The van der Waals surface area contributed by atoms with E-state index in [1.165, 1.54) is 0 Å². The molecule has 90 valence electrons. The maximum atomic E-state index is 11.9. The minimum Gasteiger partial charge on any atom is -0.352 e. The fraction of sp³-hybridized carbons (Fsp3) is 0.500.